The normalized spacial score (nSPS) is 23.2. The Bertz CT molecular complexity index is 1230. The standard InChI is InChI=1S/C28H38N4O4S/c1-19(2)36-24-9-6-21(7-10-24)28(33)32-18-23-5-4-14-29-27(23)30-25-11-8-22(17-26(25)32)20-12-15-31(16-13-20)37(3,34)35/h4-5,8,11,14,17,19-21,24H,6-7,9-10,12-13,15-16,18H2,1-3H3,(H,29,30). The lowest BCUT2D eigenvalue weighted by molar-refractivity contribution is -0.124. The summed E-state index contributed by atoms with van der Waals surface area (Å²) < 4.78 is 31.5. The molecule has 0 bridgehead atoms. The molecule has 0 atom stereocenters. The summed E-state index contributed by atoms with van der Waals surface area (Å²) in [5, 5.41) is 3.46. The van der Waals surface area contributed by atoms with Gasteiger partial charge in [0.05, 0.1) is 36.4 Å². The Hall–Kier alpha value is -2.49. The van der Waals surface area contributed by atoms with Crippen LogP contribution in [0.3, 0.4) is 0 Å². The molecule has 0 spiro atoms. The predicted octanol–water partition coefficient (Wildman–Crippen LogP) is 4.79. The lowest BCUT2D eigenvalue weighted by Crippen LogP contribution is -2.39. The number of rotatable bonds is 5. The number of ether oxygens (including phenoxy) is 1. The minimum Gasteiger partial charge on any atom is -0.376 e. The number of anilines is 3. The average Bonchev–Trinajstić information content (AvgIpc) is 3.04. The second-order valence-electron chi connectivity index (χ2n) is 10.9. The molecule has 1 saturated heterocycles. The van der Waals surface area contributed by atoms with Crippen molar-refractivity contribution in [1.82, 2.24) is 9.29 Å². The summed E-state index contributed by atoms with van der Waals surface area (Å²) in [7, 11) is -3.17. The summed E-state index contributed by atoms with van der Waals surface area (Å²) in [6, 6.07) is 10.2. The second-order valence-corrected chi connectivity index (χ2v) is 12.9. The van der Waals surface area contributed by atoms with E-state index >= 15 is 0 Å². The van der Waals surface area contributed by atoms with Crippen LogP contribution < -0.4 is 10.2 Å². The highest BCUT2D eigenvalue weighted by molar-refractivity contribution is 7.88. The van der Waals surface area contributed by atoms with Gasteiger partial charge in [0.15, 0.2) is 0 Å². The number of hydrogen-bond donors (Lipinski definition) is 1. The fourth-order valence-electron chi connectivity index (χ4n) is 5.96. The van der Waals surface area contributed by atoms with Gasteiger partial charge in [-0.25, -0.2) is 17.7 Å². The summed E-state index contributed by atoms with van der Waals surface area (Å²) in [6.45, 7) is 5.65. The number of amides is 1. The van der Waals surface area contributed by atoms with Crippen molar-refractivity contribution in [2.75, 3.05) is 29.6 Å². The molecule has 9 heteroatoms. The second kappa shape index (κ2) is 10.7. The molecule has 1 saturated carbocycles. The van der Waals surface area contributed by atoms with Crippen molar-refractivity contribution in [2.45, 2.75) is 77.0 Å². The van der Waals surface area contributed by atoms with Gasteiger partial charge in [0.25, 0.3) is 0 Å². The average molecular weight is 527 g/mol. The van der Waals surface area contributed by atoms with E-state index in [1.807, 2.05) is 23.1 Å². The molecule has 37 heavy (non-hydrogen) atoms. The van der Waals surface area contributed by atoms with E-state index in [0.29, 0.717) is 19.6 Å². The Labute approximate surface area is 220 Å². The molecule has 1 N–H and O–H groups in total. The van der Waals surface area contributed by atoms with Gasteiger partial charge >= 0.3 is 0 Å². The zero-order valence-electron chi connectivity index (χ0n) is 22.0. The summed E-state index contributed by atoms with van der Waals surface area (Å²) in [5.41, 5.74) is 3.90. The fourth-order valence-corrected chi connectivity index (χ4v) is 6.84. The molecule has 5 rings (SSSR count). The monoisotopic (exact) mass is 526 g/mol. The molecule has 1 aromatic heterocycles. The fraction of sp³-hybridized carbons (Fsp3) is 0.571. The van der Waals surface area contributed by atoms with Crippen molar-refractivity contribution in [1.29, 1.82) is 0 Å². The molecule has 1 aliphatic carbocycles. The lowest BCUT2D eigenvalue weighted by Gasteiger charge is -2.34. The van der Waals surface area contributed by atoms with Gasteiger partial charge in [-0.05, 0) is 82.1 Å². The van der Waals surface area contributed by atoms with E-state index in [0.717, 1.165) is 66.8 Å². The van der Waals surface area contributed by atoms with Crippen molar-refractivity contribution in [3.8, 4) is 0 Å². The highest BCUT2D eigenvalue weighted by Gasteiger charge is 2.34. The molecule has 2 fully saturated rings. The number of fused-ring (bicyclic) bond motifs is 2. The molecule has 0 radical (unpaired) electrons. The van der Waals surface area contributed by atoms with E-state index in [9.17, 15) is 13.2 Å². The molecular formula is C28H38N4O4S. The third kappa shape index (κ3) is 5.84. The van der Waals surface area contributed by atoms with Crippen molar-refractivity contribution in [2.24, 2.45) is 5.92 Å². The Kier molecular flexibility index (Phi) is 7.56. The number of carbonyl (C=O) groups excluding carboxylic acids is 1. The van der Waals surface area contributed by atoms with Crippen LogP contribution in [-0.2, 0) is 26.1 Å². The van der Waals surface area contributed by atoms with Gasteiger partial charge in [0.2, 0.25) is 15.9 Å². The van der Waals surface area contributed by atoms with Gasteiger partial charge in [0, 0.05) is 30.8 Å². The Morgan fingerprint density at radius 2 is 1.81 bits per heavy atom. The number of aromatic nitrogens is 1. The Morgan fingerprint density at radius 3 is 2.49 bits per heavy atom. The number of pyridine rings is 1. The molecule has 3 aliphatic rings. The minimum absolute atomic E-state index is 0.0280. The quantitative estimate of drug-likeness (QED) is 0.602. The molecule has 0 unspecified atom stereocenters. The number of nitrogens with one attached hydrogen (secondary N) is 1. The van der Waals surface area contributed by atoms with Crippen LogP contribution in [0.4, 0.5) is 17.2 Å². The van der Waals surface area contributed by atoms with Gasteiger partial charge in [-0.2, -0.15) is 0 Å². The van der Waals surface area contributed by atoms with Crippen LogP contribution in [0.5, 0.6) is 0 Å². The summed E-state index contributed by atoms with van der Waals surface area (Å²) in [6.07, 6.45) is 8.50. The number of nitrogens with zero attached hydrogens (tertiary/aromatic N) is 3. The number of benzene rings is 1. The third-order valence-corrected chi connectivity index (χ3v) is 9.24. The van der Waals surface area contributed by atoms with E-state index in [1.165, 1.54) is 6.26 Å². The van der Waals surface area contributed by atoms with Crippen LogP contribution in [0.25, 0.3) is 0 Å². The summed E-state index contributed by atoms with van der Waals surface area (Å²) >= 11 is 0. The molecule has 8 nitrogen and oxygen atoms in total. The van der Waals surface area contributed by atoms with E-state index in [-0.39, 0.29) is 30.0 Å². The SMILES string of the molecule is CC(C)OC1CCC(C(=O)N2Cc3cccnc3Nc3ccc(C4CCN(S(C)(=O)=O)CC4)cc32)CC1. The van der Waals surface area contributed by atoms with Crippen molar-refractivity contribution in [3.63, 3.8) is 0 Å². The largest absolute Gasteiger partial charge is 0.376 e. The first kappa shape index (κ1) is 26.1. The third-order valence-electron chi connectivity index (χ3n) is 7.93. The number of sulfonamides is 1. The van der Waals surface area contributed by atoms with Crippen molar-refractivity contribution in [3.05, 3.63) is 47.7 Å². The minimum atomic E-state index is -3.17. The molecule has 1 amide bonds. The lowest BCUT2D eigenvalue weighted by atomic mass is 9.85. The van der Waals surface area contributed by atoms with E-state index in [1.54, 1.807) is 10.5 Å². The summed E-state index contributed by atoms with van der Waals surface area (Å²) in [4.78, 5) is 20.5. The first-order chi connectivity index (χ1) is 17.7. The maximum atomic E-state index is 14.0. The zero-order valence-corrected chi connectivity index (χ0v) is 22.8. The number of hydrogen-bond acceptors (Lipinski definition) is 6. The van der Waals surface area contributed by atoms with Crippen LogP contribution in [0, 0.1) is 5.92 Å². The van der Waals surface area contributed by atoms with Gasteiger partial charge in [-0.15, -0.1) is 0 Å². The van der Waals surface area contributed by atoms with E-state index < -0.39 is 10.0 Å². The van der Waals surface area contributed by atoms with E-state index in [2.05, 4.69) is 36.3 Å². The molecule has 3 heterocycles. The van der Waals surface area contributed by atoms with Crippen molar-refractivity contribution < 1.29 is 17.9 Å². The van der Waals surface area contributed by atoms with Crippen LogP contribution in [0.15, 0.2) is 36.5 Å². The van der Waals surface area contributed by atoms with Gasteiger partial charge in [0.1, 0.15) is 5.82 Å². The maximum Gasteiger partial charge on any atom is 0.230 e. The topological polar surface area (TPSA) is 91.8 Å². The molecule has 2 aliphatic heterocycles. The maximum absolute atomic E-state index is 14.0. The predicted molar refractivity (Wildman–Crippen MR) is 146 cm³/mol. The van der Waals surface area contributed by atoms with Gasteiger partial charge < -0.3 is 15.0 Å². The first-order valence-electron chi connectivity index (χ1n) is 13.5. The number of carbonyl (C=O) groups is 1. The first-order valence-corrected chi connectivity index (χ1v) is 15.3. The van der Waals surface area contributed by atoms with Gasteiger partial charge in [-0.3, -0.25) is 4.79 Å². The Balaban J connectivity index is 1.41. The Morgan fingerprint density at radius 1 is 1.08 bits per heavy atom. The van der Waals surface area contributed by atoms with E-state index in [4.69, 9.17) is 4.74 Å². The zero-order chi connectivity index (χ0) is 26.2. The molecule has 1 aromatic carbocycles. The molecular weight excluding hydrogens is 488 g/mol. The number of piperidine rings is 1. The highest BCUT2D eigenvalue weighted by atomic mass is 32.2. The van der Waals surface area contributed by atoms with Crippen LogP contribution >= 0.6 is 0 Å². The van der Waals surface area contributed by atoms with Gasteiger partial charge in [-0.1, -0.05) is 12.1 Å². The molecule has 200 valence electrons. The molecule has 2 aromatic rings. The van der Waals surface area contributed by atoms with Crippen molar-refractivity contribution >= 4 is 33.1 Å². The van der Waals surface area contributed by atoms with Crippen LogP contribution in [0.1, 0.15) is 69.4 Å². The summed E-state index contributed by atoms with van der Waals surface area (Å²) in [5.74, 6) is 1.17. The highest BCUT2D eigenvalue weighted by Crippen LogP contribution is 2.41. The van der Waals surface area contributed by atoms with Crippen LogP contribution in [-0.4, -0.2) is 55.2 Å². The van der Waals surface area contributed by atoms with Crippen LogP contribution in [0.2, 0.25) is 0 Å². The smallest absolute Gasteiger partial charge is 0.230 e.